The van der Waals surface area contributed by atoms with Gasteiger partial charge in [-0.2, -0.15) is 0 Å². The first-order valence-electron chi connectivity index (χ1n) is 6.88. The number of carbonyl (C=O) groups excluding carboxylic acids is 2. The van der Waals surface area contributed by atoms with Crippen LogP contribution in [0, 0.1) is 0 Å². The number of ether oxygens (including phenoxy) is 1. The van der Waals surface area contributed by atoms with Gasteiger partial charge in [0, 0.05) is 32.1 Å². The number of hydrogen-bond acceptors (Lipinski definition) is 4. The van der Waals surface area contributed by atoms with Crippen LogP contribution in [-0.2, 0) is 9.53 Å². The molecule has 0 N–H and O–H groups in total. The average molecular weight is 254 g/mol. The van der Waals surface area contributed by atoms with Crippen LogP contribution in [-0.4, -0.2) is 60.5 Å². The van der Waals surface area contributed by atoms with Gasteiger partial charge in [0.1, 0.15) is 5.78 Å². The molecule has 2 aliphatic heterocycles. The highest BCUT2D eigenvalue weighted by molar-refractivity contribution is 5.81. The minimum absolute atomic E-state index is 0.194. The molecule has 18 heavy (non-hydrogen) atoms. The molecule has 0 aromatic rings. The summed E-state index contributed by atoms with van der Waals surface area (Å²) in [5, 5.41) is 0. The smallest absolute Gasteiger partial charge is 0.409 e. The summed E-state index contributed by atoms with van der Waals surface area (Å²) in [4.78, 5) is 27.2. The van der Waals surface area contributed by atoms with Gasteiger partial charge in [0.25, 0.3) is 0 Å². The molecule has 0 saturated carbocycles. The molecule has 1 amide bonds. The van der Waals surface area contributed by atoms with Crippen molar-refractivity contribution in [3.8, 4) is 0 Å². The van der Waals surface area contributed by atoms with E-state index in [-0.39, 0.29) is 6.09 Å². The normalized spacial score (nSPS) is 24.8. The molecule has 1 atom stereocenters. The van der Waals surface area contributed by atoms with Crippen molar-refractivity contribution < 1.29 is 14.3 Å². The molecule has 1 unspecified atom stereocenters. The third kappa shape index (κ3) is 3.22. The van der Waals surface area contributed by atoms with Crippen molar-refractivity contribution >= 4 is 11.9 Å². The summed E-state index contributed by atoms with van der Waals surface area (Å²) in [5.41, 5.74) is 0. The zero-order valence-electron chi connectivity index (χ0n) is 11.1. The summed E-state index contributed by atoms with van der Waals surface area (Å²) in [6.45, 7) is 5.32. The van der Waals surface area contributed by atoms with Crippen LogP contribution in [0.1, 0.15) is 32.6 Å². The second kappa shape index (κ2) is 6.18. The second-order valence-corrected chi connectivity index (χ2v) is 5.12. The van der Waals surface area contributed by atoms with Gasteiger partial charge in [0.15, 0.2) is 0 Å². The molecule has 2 rings (SSSR count). The first-order valence-corrected chi connectivity index (χ1v) is 6.88. The van der Waals surface area contributed by atoms with Crippen LogP contribution >= 0.6 is 0 Å². The Labute approximate surface area is 108 Å². The van der Waals surface area contributed by atoms with E-state index >= 15 is 0 Å². The van der Waals surface area contributed by atoms with E-state index in [4.69, 9.17) is 4.74 Å². The fraction of sp³-hybridized carbons (Fsp3) is 0.846. The quantitative estimate of drug-likeness (QED) is 0.712. The van der Waals surface area contributed by atoms with E-state index < -0.39 is 0 Å². The van der Waals surface area contributed by atoms with Gasteiger partial charge in [0.05, 0.1) is 13.2 Å². The van der Waals surface area contributed by atoms with Gasteiger partial charge in [-0.25, -0.2) is 4.79 Å². The molecule has 2 fully saturated rings. The third-order valence-corrected chi connectivity index (χ3v) is 3.72. The third-order valence-electron chi connectivity index (χ3n) is 3.72. The molecule has 5 heteroatoms. The van der Waals surface area contributed by atoms with Gasteiger partial charge < -0.3 is 9.64 Å². The van der Waals surface area contributed by atoms with Crippen LogP contribution in [0.15, 0.2) is 0 Å². The Balaban J connectivity index is 1.79. The molecule has 0 aromatic heterocycles. The SMILES string of the molecule is CCCCOC(=O)N1CCN2CC(=O)CCC2C1. The zero-order chi connectivity index (χ0) is 13.0. The van der Waals surface area contributed by atoms with Crippen molar-refractivity contribution in [1.29, 1.82) is 0 Å². The Hall–Kier alpha value is -1.10. The fourth-order valence-electron chi connectivity index (χ4n) is 2.57. The Morgan fingerprint density at radius 3 is 3.06 bits per heavy atom. The van der Waals surface area contributed by atoms with E-state index in [1.807, 2.05) is 0 Å². The Kier molecular flexibility index (Phi) is 4.58. The van der Waals surface area contributed by atoms with E-state index in [1.165, 1.54) is 0 Å². The molecular formula is C13H22N2O3. The summed E-state index contributed by atoms with van der Waals surface area (Å²) in [5.74, 6) is 0.324. The minimum atomic E-state index is -0.194. The number of carbonyl (C=O) groups is 2. The van der Waals surface area contributed by atoms with Gasteiger partial charge in [-0.15, -0.1) is 0 Å². The first kappa shape index (κ1) is 13.3. The zero-order valence-corrected chi connectivity index (χ0v) is 11.1. The molecule has 5 nitrogen and oxygen atoms in total. The molecule has 0 spiro atoms. The average Bonchev–Trinajstić information content (AvgIpc) is 2.38. The summed E-state index contributed by atoms with van der Waals surface area (Å²) >= 11 is 0. The largest absolute Gasteiger partial charge is 0.449 e. The second-order valence-electron chi connectivity index (χ2n) is 5.12. The maximum absolute atomic E-state index is 11.8. The molecular weight excluding hydrogens is 232 g/mol. The number of amides is 1. The summed E-state index contributed by atoms with van der Waals surface area (Å²) in [6.07, 6.45) is 3.28. The van der Waals surface area contributed by atoms with Gasteiger partial charge in [0.2, 0.25) is 0 Å². The van der Waals surface area contributed by atoms with Crippen molar-refractivity contribution in [3.05, 3.63) is 0 Å². The van der Waals surface area contributed by atoms with E-state index in [2.05, 4.69) is 11.8 Å². The van der Waals surface area contributed by atoms with E-state index in [1.54, 1.807) is 4.90 Å². The number of piperazine rings is 1. The maximum Gasteiger partial charge on any atom is 0.409 e. The lowest BCUT2D eigenvalue weighted by molar-refractivity contribution is -0.124. The number of Topliss-reactive ketones (excluding diaryl/α,β-unsaturated/α-hetero) is 1. The molecule has 2 saturated heterocycles. The monoisotopic (exact) mass is 254 g/mol. The Morgan fingerprint density at radius 2 is 2.28 bits per heavy atom. The predicted molar refractivity (Wildman–Crippen MR) is 67.4 cm³/mol. The van der Waals surface area contributed by atoms with Crippen molar-refractivity contribution in [3.63, 3.8) is 0 Å². The molecule has 0 radical (unpaired) electrons. The van der Waals surface area contributed by atoms with Crippen LogP contribution in [0.5, 0.6) is 0 Å². The van der Waals surface area contributed by atoms with Crippen LogP contribution in [0.25, 0.3) is 0 Å². The molecule has 0 aliphatic carbocycles. The van der Waals surface area contributed by atoms with Crippen LogP contribution in [0.2, 0.25) is 0 Å². The van der Waals surface area contributed by atoms with Crippen molar-refractivity contribution in [2.45, 2.75) is 38.6 Å². The molecule has 0 bridgehead atoms. The van der Waals surface area contributed by atoms with Gasteiger partial charge in [-0.3, -0.25) is 9.69 Å². The lowest BCUT2D eigenvalue weighted by Gasteiger charge is -2.42. The highest BCUT2D eigenvalue weighted by Gasteiger charge is 2.33. The number of hydrogen-bond donors (Lipinski definition) is 0. The minimum Gasteiger partial charge on any atom is -0.449 e. The fourth-order valence-corrected chi connectivity index (χ4v) is 2.57. The number of rotatable bonds is 3. The maximum atomic E-state index is 11.8. The Morgan fingerprint density at radius 1 is 1.44 bits per heavy atom. The lowest BCUT2D eigenvalue weighted by Crippen LogP contribution is -2.57. The van der Waals surface area contributed by atoms with E-state index in [9.17, 15) is 9.59 Å². The van der Waals surface area contributed by atoms with Gasteiger partial charge in [-0.05, 0) is 12.8 Å². The number of nitrogens with zero attached hydrogens (tertiary/aromatic N) is 2. The molecule has 2 aliphatic rings. The summed E-state index contributed by atoms with van der Waals surface area (Å²) in [7, 11) is 0. The highest BCUT2D eigenvalue weighted by atomic mass is 16.6. The molecule has 0 aromatic carbocycles. The van der Waals surface area contributed by atoms with Gasteiger partial charge >= 0.3 is 6.09 Å². The summed E-state index contributed by atoms with van der Waals surface area (Å²) in [6, 6.07) is 0.343. The van der Waals surface area contributed by atoms with Crippen LogP contribution in [0.3, 0.4) is 0 Å². The van der Waals surface area contributed by atoms with Crippen molar-refractivity contribution in [2.24, 2.45) is 0 Å². The molecule has 102 valence electrons. The van der Waals surface area contributed by atoms with Crippen LogP contribution < -0.4 is 0 Å². The molecule has 2 heterocycles. The Bertz CT molecular complexity index is 319. The summed E-state index contributed by atoms with van der Waals surface area (Å²) < 4.78 is 5.22. The number of fused-ring (bicyclic) bond motifs is 1. The number of ketones is 1. The standard InChI is InChI=1S/C13H22N2O3/c1-2-3-8-18-13(17)15-7-6-14-10-12(16)5-4-11(14)9-15/h11H,2-10H2,1H3. The van der Waals surface area contributed by atoms with Crippen molar-refractivity contribution in [2.75, 3.05) is 32.8 Å². The highest BCUT2D eigenvalue weighted by Crippen LogP contribution is 2.19. The lowest BCUT2D eigenvalue weighted by atomic mass is 9.99. The number of unbranched alkanes of at least 4 members (excludes halogenated alkanes) is 1. The van der Waals surface area contributed by atoms with Crippen LogP contribution in [0.4, 0.5) is 4.79 Å². The first-order chi connectivity index (χ1) is 8.70. The van der Waals surface area contributed by atoms with E-state index in [0.29, 0.717) is 44.5 Å². The van der Waals surface area contributed by atoms with Crippen molar-refractivity contribution in [1.82, 2.24) is 9.80 Å². The number of piperidine rings is 1. The topological polar surface area (TPSA) is 49.9 Å². The van der Waals surface area contributed by atoms with E-state index in [0.717, 1.165) is 25.8 Å². The van der Waals surface area contributed by atoms with Gasteiger partial charge in [-0.1, -0.05) is 13.3 Å². The predicted octanol–water partition coefficient (Wildman–Crippen LogP) is 1.27.